The Morgan fingerprint density at radius 1 is 0.479 bits per heavy atom. The van der Waals surface area contributed by atoms with E-state index in [1.54, 1.807) is 13.8 Å². The van der Waals surface area contributed by atoms with Gasteiger partial charge in [0.15, 0.2) is 11.6 Å². The van der Waals surface area contributed by atoms with Gasteiger partial charge in [0.25, 0.3) is 0 Å². The molecule has 1 aromatic heterocycles. The second-order valence-electron chi connectivity index (χ2n) is 30.8. The van der Waals surface area contributed by atoms with Crippen molar-refractivity contribution in [2.24, 2.45) is 35.0 Å². The van der Waals surface area contributed by atoms with E-state index in [1.165, 1.54) is 43.7 Å². The number of rotatable bonds is 51. The minimum atomic E-state index is -1.92. The molecule has 2 aliphatic rings. The molecular formula is C78H116F2N18O21. The van der Waals surface area contributed by atoms with Gasteiger partial charge in [0.05, 0.1) is 25.1 Å². The normalized spacial score (nSPS) is 16.6. The molecule has 0 unspecified atom stereocenters. The van der Waals surface area contributed by atoms with Gasteiger partial charge >= 0.3 is 5.97 Å². The smallest absolute Gasteiger partial charge is 0.303 e. The molecule has 15 atom stereocenters. The Labute approximate surface area is 686 Å². The first-order chi connectivity index (χ1) is 56.2. The fraction of sp³-hybridized carbons (Fsp3) is 0.603. The van der Waals surface area contributed by atoms with E-state index in [-0.39, 0.29) is 73.4 Å². The molecule has 1 heterocycles. The van der Waals surface area contributed by atoms with E-state index in [0.29, 0.717) is 50.2 Å². The largest absolute Gasteiger partial charge is 0.508 e. The van der Waals surface area contributed by atoms with Crippen molar-refractivity contribution in [1.82, 2.24) is 79.1 Å². The number of phenols is 1. The van der Waals surface area contributed by atoms with Crippen molar-refractivity contribution in [3.05, 3.63) is 83.4 Å². The SMILES string of the molecule is CC(=O)N[C@@H](CC(C)C)C(=O)N[C@H](C(=O)N[C@@H](Cc1ccc(F)c(F)c1)C(=O)N[C@@H](CCC(=O)O)C(=O)N[C@@H](Cc1cnc[nH]1)C(=O)N[C@@H](Cc1ccc(O)cc1)C(=O)N[C@@H](CC1CCCCC1)C(=O)N[C@@H](C)C(=O)N[C@@H](CCC(N)=O)C(=O)N[C@@H](CC1CCC1)C(=O)N[C@H](C(=O)N[C@@H](CO)C(=O)N[C@@H](CCCCN)C(N)=O)[C@@H](C)O)[C@@H](C)O. The lowest BCUT2D eigenvalue weighted by molar-refractivity contribution is -0.139. The molecule has 2 aliphatic carbocycles. The van der Waals surface area contributed by atoms with Crippen LogP contribution in [0.25, 0.3) is 0 Å². The van der Waals surface area contributed by atoms with Crippen molar-refractivity contribution < 1.29 is 111 Å². The first kappa shape index (κ1) is 98.2. The van der Waals surface area contributed by atoms with Crippen LogP contribution < -0.4 is 86.3 Å². The van der Waals surface area contributed by atoms with E-state index >= 15 is 9.59 Å². The number of aliphatic hydroxyl groups excluding tert-OH is 3. The number of hydrogen-bond acceptors (Lipinski definition) is 22. The van der Waals surface area contributed by atoms with Crippen LogP contribution in [0, 0.1) is 29.4 Å². The van der Waals surface area contributed by atoms with Crippen molar-refractivity contribution in [1.29, 1.82) is 0 Å². The third-order valence-corrected chi connectivity index (χ3v) is 20.3. The maximum absolute atomic E-state index is 15.1. The number of carbonyl (C=O) groups excluding carboxylic acids is 15. The van der Waals surface area contributed by atoms with Crippen LogP contribution in [-0.4, -0.2) is 234 Å². The molecule has 658 valence electrons. The number of amides is 15. The number of phenolic OH excluding ortho intramolecular Hbond substituents is 1. The molecule has 0 aliphatic heterocycles. The van der Waals surface area contributed by atoms with Crippen molar-refractivity contribution in [3.8, 4) is 5.75 Å². The maximum atomic E-state index is 15.1. The molecular weight excluding hydrogens is 1560 g/mol. The number of aromatic nitrogens is 2. The van der Waals surface area contributed by atoms with Crippen LogP contribution in [0.4, 0.5) is 8.78 Å². The number of aromatic hydroxyl groups is 1. The van der Waals surface area contributed by atoms with Gasteiger partial charge in [-0.15, -0.1) is 0 Å². The van der Waals surface area contributed by atoms with E-state index in [2.05, 4.69) is 79.1 Å². The highest BCUT2D eigenvalue weighted by atomic mass is 19.2. The Morgan fingerprint density at radius 2 is 0.916 bits per heavy atom. The monoisotopic (exact) mass is 1680 g/mol. The Kier molecular flexibility index (Phi) is 40.6. The summed E-state index contributed by atoms with van der Waals surface area (Å²) in [6.45, 7) is 7.42. The van der Waals surface area contributed by atoms with E-state index in [1.807, 2.05) is 0 Å². The van der Waals surface area contributed by atoms with Gasteiger partial charge in [-0.25, -0.2) is 13.8 Å². The fourth-order valence-electron chi connectivity index (χ4n) is 13.5. The van der Waals surface area contributed by atoms with Gasteiger partial charge in [-0.2, -0.15) is 0 Å². The van der Waals surface area contributed by atoms with Gasteiger partial charge in [0.2, 0.25) is 88.6 Å². The van der Waals surface area contributed by atoms with Crippen LogP contribution >= 0.6 is 0 Å². The Balaban J connectivity index is 1.42. The van der Waals surface area contributed by atoms with Crippen LogP contribution in [0.1, 0.15) is 174 Å². The number of aliphatic carboxylic acids is 1. The van der Waals surface area contributed by atoms with Crippen molar-refractivity contribution >= 4 is 94.6 Å². The molecule has 5 rings (SSSR count). The number of nitrogens with one attached hydrogen (secondary N) is 14. The second kappa shape index (κ2) is 49.2. The zero-order valence-corrected chi connectivity index (χ0v) is 67.6. The van der Waals surface area contributed by atoms with E-state index < -0.39 is 242 Å². The number of primary amides is 2. The van der Waals surface area contributed by atoms with Crippen LogP contribution in [0.15, 0.2) is 55.0 Å². The average Bonchev–Trinajstić information content (AvgIpc) is 1.13. The minimum Gasteiger partial charge on any atom is -0.508 e. The number of nitrogens with two attached hydrogens (primary N) is 3. The highest BCUT2D eigenvalue weighted by Crippen LogP contribution is 2.31. The summed E-state index contributed by atoms with van der Waals surface area (Å²) >= 11 is 0. The first-order valence-corrected chi connectivity index (χ1v) is 39.8. The molecule has 15 amide bonds. The molecule has 2 aromatic carbocycles. The molecule has 0 saturated heterocycles. The first-order valence-electron chi connectivity index (χ1n) is 39.8. The number of carboxylic acid groups (broad SMARTS) is 1. The maximum Gasteiger partial charge on any atom is 0.303 e. The van der Waals surface area contributed by atoms with E-state index in [9.17, 15) is 101 Å². The number of aromatic amines is 1. The number of hydrogen-bond donors (Lipinski definition) is 22. The van der Waals surface area contributed by atoms with Gasteiger partial charge in [-0.3, -0.25) is 76.7 Å². The summed E-state index contributed by atoms with van der Waals surface area (Å²) in [6, 6.07) is -13.4. The van der Waals surface area contributed by atoms with Crippen molar-refractivity contribution in [2.45, 2.75) is 267 Å². The van der Waals surface area contributed by atoms with E-state index in [4.69, 9.17) is 17.2 Å². The van der Waals surface area contributed by atoms with Crippen LogP contribution in [0.3, 0.4) is 0 Å². The second-order valence-corrected chi connectivity index (χ2v) is 30.8. The van der Waals surface area contributed by atoms with Crippen LogP contribution in [0.2, 0.25) is 0 Å². The van der Waals surface area contributed by atoms with Crippen LogP contribution in [0.5, 0.6) is 5.75 Å². The number of carboxylic acids is 1. The lowest BCUT2D eigenvalue weighted by Gasteiger charge is -2.32. The molecule has 0 bridgehead atoms. The molecule has 39 nitrogen and oxygen atoms in total. The Bertz CT molecular complexity index is 3960. The highest BCUT2D eigenvalue weighted by Gasteiger charge is 2.40. The molecule has 0 spiro atoms. The molecule has 2 fully saturated rings. The fourth-order valence-corrected chi connectivity index (χ4v) is 13.5. The number of carbonyl (C=O) groups is 16. The van der Waals surface area contributed by atoms with Gasteiger partial charge in [0, 0.05) is 50.9 Å². The van der Waals surface area contributed by atoms with Gasteiger partial charge < -0.3 is 117 Å². The van der Waals surface area contributed by atoms with Gasteiger partial charge in [0.1, 0.15) is 84.3 Å². The van der Waals surface area contributed by atoms with Gasteiger partial charge in [-0.05, 0) is 132 Å². The molecule has 25 N–H and O–H groups in total. The quantitative estimate of drug-likeness (QED) is 0.0244. The summed E-state index contributed by atoms with van der Waals surface area (Å²) in [5, 5.41) is 84.0. The highest BCUT2D eigenvalue weighted by molar-refractivity contribution is 6.00. The molecule has 3 aromatic rings. The topological polar surface area (TPSA) is 637 Å². The predicted octanol–water partition coefficient (Wildman–Crippen LogP) is -3.53. The summed E-state index contributed by atoms with van der Waals surface area (Å²) in [5.74, 6) is -20.3. The lowest BCUT2D eigenvalue weighted by Crippen LogP contribution is -2.62. The number of nitrogens with zero attached hydrogens (tertiary/aromatic N) is 1. The predicted molar refractivity (Wildman–Crippen MR) is 421 cm³/mol. The standard InChI is InChI=1S/C78H116F2N18O21/c1-39(2)29-55(87-43(6)102)74(115)97-64(41(4)100)77(118)95-59(34-47-20-23-50(79)51(80)30-47)71(112)90-54(25-27-63(105)106)69(110)94-60(35-48-36-84-38-85-48)73(114)93-57(33-46-18-21-49(103)22-19-46)72(113)92-56(31-44-13-8-7-9-14-44)70(111)86-40(3)67(108)89-53(24-26-62(82)104)68(109)91-58(32-45-15-12-16-45)75(116)98-65(42(5)101)78(119)96-61(37-99)76(117)88-52(66(83)107)17-10-11-28-81/h18-23,30,36,38-42,44-45,52-61,64-65,99-101,103H,7-17,24-29,31-35,37,81H2,1-6H3,(H2,82,104)(H2,83,107)(H,84,85)(H,86,111)(H,87,102)(H,88,117)(H,89,108)(H,90,112)(H,91,109)(H,92,113)(H,93,114)(H,94,110)(H,95,118)(H,96,119)(H,97,115)(H,98,116)(H,105,106)/t40-,41+,42+,52-,53-,54-,55-,56-,57-,58-,59-,60-,61-,64-,65-/m0/s1. The third-order valence-electron chi connectivity index (χ3n) is 20.3. The average molecular weight is 1680 g/mol. The molecule has 2 saturated carbocycles. The number of aliphatic hydroxyl groups is 3. The summed E-state index contributed by atoms with van der Waals surface area (Å²) < 4.78 is 29.1. The van der Waals surface area contributed by atoms with Crippen molar-refractivity contribution in [2.75, 3.05) is 13.2 Å². The zero-order chi connectivity index (χ0) is 88.3. The lowest BCUT2D eigenvalue weighted by atomic mass is 9.80. The number of unbranched alkanes of at least 4 members (excludes halogenated alkanes) is 1. The third kappa shape index (κ3) is 33.9. The minimum absolute atomic E-state index is 0.0342. The number of benzene rings is 2. The summed E-state index contributed by atoms with van der Waals surface area (Å²) in [4.78, 5) is 228. The summed E-state index contributed by atoms with van der Waals surface area (Å²) in [7, 11) is 0. The molecule has 41 heteroatoms. The van der Waals surface area contributed by atoms with Gasteiger partial charge in [-0.1, -0.05) is 83.4 Å². The molecule has 119 heavy (non-hydrogen) atoms. The Morgan fingerprint density at radius 3 is 1.38 bits per heavy atom. The van der Waals surface area contributed by atoms with E-state index in [0.717, 1.165) is 58.6 Å². The Hall–Kier alpha value is -11.3. The number of imidazole rings is 1. The number of H-pyrrole nitrogens is 1. The van der Waals surface area contributed by atoms with Crippen LogP contribution in [-0.2, 0) is 96.0 Å². The van der Waals surface area contributed by atoms with Crippen molar-refractivity contribution in [3.63, 3.8) is 0 Å². The summed E-state index contributed by atoms with van der Waals surface area (Å²) in [5.41, 5.74) is 16.9. The molecule has 0 radical (unpaired) electrons. The summed E-state index contributed by atoms with van der Waals surface area (Å²) in [6.07, 6.45) is 1.64. The number of halogens is 2. The zero-order valence-electron chi connectivity index (χ0n) is 67.6.